The number of nitrogens with one attached hydrogen (secondary N) is 1. The molecule has 2 rings (SSSR count). The van der Waals surface area contributed by atoms with Gasteiger partial charge in [0.25, 0.3) is 0 Å². The zero-order valence-corrected chi connectivity index (χ0v) is 10.5. The van der Waals surface area contributed by atoms with Crippen molar-refractivity contribution in [2.24, 2.45) is 0 Å². The largest absolute Gasteiger partial charge is 0.425 e. The van der Waals surface area contributed by atoms with Crippen LogP contribution >= 0.6 is 0 Å². The molecular formula is C12H21N3O. The predicted octanol–water partition coefficient (Wildman–Crippen LogP) is 2.44. The number of nitrogens with zero attached hydrogens (tertiary/aromatic N) is 2. The summed E-state index contributed by atoms with van der Waals surface area (Å²) in [4.78, 5) is 0. The van der Waals surface area contributed by atoms with Crippen LogP contribution < -0.4 is 5.32 Å². The summed E-state index contributed by atoms with van der Waals surface area (Å²) in [5, 5.41) is 11.8. The molecule has 4 heteroatoms. The van der Waals surface area contributed by atoms with E-state index in [1.807, 2.05) is 0 Å². The minimum Gasteiger partial charge on any atom is -0.425 e. The van der Waals surface area contributed by atoms with E-state index in [0.717, 1.165) is 24.6 Å². The Morgan fingerprint density at radius 1 is 1.19 bits per heavy atom. The first-order valence-electron chi connectivity index (χ1n) is 6.15. The Balaban J connectivity index is 2.10. The van der Waals surface area contributed by atoms with E-state index in [9.17, 15) is 0 Å². The lowest BCUT2D eigenvalue weighted by molar-refractivity contribution is 0.277. The second-order valence-corrected chi connectivity index (χ2v) is 5.27. The second kappa shape index (κ2) is 4.53. The molecule has 0 radical (unpaired) electrons. The smallest absolute Gasteiger partial charge is 0.219 e. The minimum atomic E-state index is 0.317. The van der Waals surface area contributed by atoms with E-state index in [4.69, 9.17) is 4.42 Å². The molecule has 1 N–H and O–H groups in total. The highest BCUT2D eigenvalue weighted by Gasteiger charge is 2.28. The molecule has 0 bridgehead atoms. The van der Waals surface area contributed by atoms with Crippen LogP contribution in [-0.4, -0.2) is 22.3 Å². The number of aromatic nitrogens is 2. The number of rotatable bonds is 2. The summed E-state index contributed by atoms with van der Waals surface area (Å²) in [5.41, 5.74) is 0. The van der Waals surface area contributed by atoms with Crippen molar-refractivity contribution in [3.8, 4) is 0 Å². The monoisotopic (exact) mass is 223 g/mol. The van der Waals surface area contributed by atoms with Crippen molar-refractivity contribution >= 4 is 0 Å². The van der Waals surface area contributed by atoms with Gasteiger partial charge >= 0.3 is 0 Å². The van der Waals surface area contributed by atoms with Crippen LogP contribution in [0.4, 0.5) is 0 Å². The fourth-order valence-corrected chi connectivity index (χ4v) is 2.42. The summed E-state index contributed by atoms with van der Waals surface area (Å²) < 4.78 is 5.73. The van der Waals surface area contributed by atoms with Crippen molar-refractivity contribution in [3.63, 3.8) is 0 Å². The molecule has 1 saturated heterocycles. The van der Waals surface area contributed by atoms with Gasteiger partial charge in [0.1, 0.15) is 0 Å². The Labute approximate surface area is 96.8 Å². The van der Waals surface area contributed by atoms with Crippen LogP contribution in [-0.2, 0) is 0 Å². The molecule has 0 aromatic carbocycles. The molecule has 1 aliphatic heterocycles. The van der Waals surface area contributed by atoms with Gasteiger partial charge in [-0.25, -0.2) is 0 Å². The third-order valence-corrected chi connectivity index (χ3v) is 3.14. The predicted molar refractivity (Wildman–Crippen MR) is 62.4 cm³/mol. The van der Waals surface area contributed by atoms with Crippen LogP contribution in [0.1, 0.15) is 64.2 Å². The fourth-order valence-electron chi connectivity index (χ4n) is 2.42. The topological polar surface area (TPSA) is 51.0 Å². The minimum absolute atomic E-state index is 0.317. The molecule has 4 nitrogen and oxygen atoms in total. The van der Waals surface area contributed by atoms with Crippen molar-refractivity contribution < 1.29 is 4.42 Å². The van der Waals surface area contributed by atoms with Crippen molar-refractivity contribution in [3.05, 3.63) is 11.8 Å². The maximum absolute atomic E-state index is 5.73. The lowest BCUT2D eigenvalue weighted by Crippen LogP contribution is -2.41. The molecule has 1 aliphatic rings. The van der Waals surface area contributed by atoms with Gasteiger partial charge in [0.2, 0.25) is 11.8 Å². The first kappa shape index (κ1) is 11.6. The van der Waals surface area contributed by atoms with E-state index < -0.39 is 0 Å². The Hall–Kier alpha value is -0.900. The van der Waals surface area contributed by atoms with Crippen LogP contribution in [0.2, 0.25) is 0 Å². The van der Waals surface area contributed by atoms with Crippen molar-refractivity contribution in [1.29, 1.82) is 0 Å². The average Bonchev–Trinajstić information content (AvgIpc) is 2.64. The molecule has 90 valence electrons. The maximum atomic E-state index is 5.73. The first-order chi connectivity index (χ1) is 7.56. The zero-order valence-electron chi connectivity index (χ0n) is 10.5. The summed E-state index contributed by atoms with van der Waals surface area (Å²) in [6.45, 7) is 8.57. The molecule has 0 spiro atoms. The number of hydrogen-bond acceptors (Lipinski definition) is 4. The van der Waals surface area contributed by atoms with Crippen LogP contribution in [0.25, 0.3) is 0 Å². The first-order valence-corrected chi connectivity index (χ1v) is 6.15. The van der Waals surface area contributed by atoms with E-state index in [2.05, 4.69) is 43.2 Å². The van der Waals surface area contributed by atoms with Crippen molar-refractivity contribution in [2.45, 2.75) is 64.5 Å². The van der Waals surface area contributed by atoms with Crippen LogP contribution in [0.3, 0.4) is 0 Å². The number of piperidine rings is 1. The van der Waals surface area contributed by atoms with Crippen molar-refractivity contribution in [1.82, 2.24) is 15.5 Å². The lowest BCUT2D eigenvalue weighted by atomic mass is 9.89. The molecule has 0 saturated carbocycles. The Bertz CT molecular complexity index is 338. The van der Waals surface area contributed by atoms with E-state index in [1.165, 1.54) is 0 Å². The summed E-state index contributed by atoms with van der Waals surface area (Å²) in [6, 6.07) is 1.06. The Kier molecular flexibility index (Phi) is 3.28. The van der Waals surface area contributed by atoms with Gasteiger partial charge in [-0.05, 0) is 26.7 Å². The zero-order chi connectivity index (χ0) is 11.7. The molecule has 2 atom stereocenters. The molecule has 2 unspecified atom stereocenters. The van der Waals surface area contributed by atoms with Gasteiger partial charge in [0.05, 0.1) is 0 Å². The van der Waals surface area contributed by atoms with Crippen LogP contribution in [0.15, 0.2) is 4.42 Å². The molecule has 2 heterocycles. The highest BCUT2D eigenvalue weighted by atomic mass is 16.4. The second-order valence-electron chi connectivity index (χ2n) is 5.27. The van der Waals surface area contributed by atoms with Crippen LogP contribution in [0, 0.1) is 0 Å². The average molecular weight is 223 g/mol. The SMILES string of the molecule is CC1CC(c2nnc(C(C)C)o2)CC(C)N1. The third-order valence-electron chi connectivity index (χ3n) is 3.14. The molecular weight excluding hydrogens is 202 g/mol. The summed E-state index contributed by atoms with van der Waals surface area (Å²) in [6.07, 6.45) is 2.17. The molecule has 1 aromatic rings. The molecule has 16 heavy (non-hydrogen) atoms. The van der Waals surface area contributed by atoms with E-state index in [1.54, 1.807) is 0 Å². The van der Waals surface area contributed by atoms with E-state index in [0.29, 0.717) is 23.9 Å². The summed E-state index contributed by atoms with van der Waals surface area (Å²) in [5.74, 6) is 2.32. The fraction of sp³-hybridized carbons (Fsp3) is 0.833. The van der Waals surface area contributed by atoms with Gasteiger partial charge in [-0.2, -0.15) is 0 Å². The van der Waals surface area contributed by atoms with Gasteiger partial charge in [-0.1, -0.05) is 13.8 Å². The molecule has 0 aliphatic carbocycles. The molecule has 0 amide bonds. The maximum Gasteiger partial charge on any atom is 0.219 e. The van der Waals surface area contributed by atoms with Gasteiger partial charge in [0.15, 0.2) is 0 Å². The normalized spacial score (nSPS) is 30.9. The number of hydrogen-bond donors (Lipinski definition) is 1. The van der Waals surface area contributed by atoms with Gasteiger partial charge in [0, 0.05) is 23.9 Å². The highest BCUT2D eigenvalue weighted by Crippen LogP contribution is 2.30. The Morgan fingerprint density at radius 3 is 2.31 bits per heavy atom. The highest BCUT2D eigenvalue weighted by molar-refractivity contribution is 4.99. The summed E-state index contributed by atoms with van der Waals surface area (Å²) >= 11 is 0. The van der Waals surface area contributed by atoms with Crippen molar-refractivity contribution in [2.75, 3.05) is 0 Å². The van der Waals surface area contributed by atoms with E-state index >= 15 is 0 Å². The van der Waals surface area contributed by atoms with Gasteiger partial charge in [-0.15, -0.1) is 10.2 Å². The molecule has 1 aromatic heterocycles. The van der Waals surface area contributed by atoms with Gasteiger partial charge in [-0.3, -0.25) is 0 Å². The standard InChI is InChI=1S/C12H21N3O/c1-7(2)11-14-15-12(16-11)10-5-8(3)13-9(4)6-10/h7-10,13H,5-6H2,1-4H3. The molecule has 1 fully saturated rings. The Morgan fingerprint density at radius 2 is 1.81 bits per heavy atom. The van der Waals surface area contributed by atoms with E-state index in [-0.39, 0.29) is 0 Å². The lowest BCUT2D eigenvalue weighted by Gasteiger charge is -2.30. The van der Waals surface area contributed by atoms with Gasteiger partial charge < -0.3 is 9.73 Å². The van der Waals surface area contributed by atoms with Crippen LogP contribution in [0.5, 0.6) is 0 Å². The quantitative estimate of drug-likeness (QED) is 0.836. The third kappa shape index (κ3) is 2.43. The summed E-state index contributed by atoms with van der Waals surface area (Å²) in [7, 11) is 0.